The number of hydrogen-bond donors (Lipinski definition) is 0. The first-order chi connectivity index (χ1) is 6.33. The van der Waals surface area contributed by atoms with E-state index in [1.807, 2.05) is 0 Å². The van der Waals surface area contributed by atoms with E-state index in [9.17, 15) is 4.79 Å². The smallest absolute Gasteiger partial charge is 0.341 e. The van der Waals surface area contributed by atoms with Gasteiger partial charge in [0, 0.05) is 0 Å². The van der Waals surface area contributed by atoms with E-state index in [4.69, 9.17) is 4.74 Å². The van der Waals surface area contributed by atoms with Gasteiger partial charge in [-0.05, 0) is 0 Å². The molecule has 0 saturated carbocycles. The molecule has 13 heavy (non-hydrogen) atoms. The normalized spacial score (nSPS) is 15.2. The summed E-state index contributed by atoms with van der Waals surface area (Å²) in [5.41, 5.74) is 1.31. The predicted molar refractivity (Wildman–Crippen MR) is 43.2 cm³/mol. The number of aromatic nitrogens is 2. The number of nitrogens with zero attached hydrogens (tertiary/aromatic N) is 2. The number of fused-ring (bicyclic) bond motifs is 1. The molecule has 0 N–H and O–H groups in total. The van der Waals surface area contributed by atoms with Crippen molar-refractivity contribution in [3.63, 3.8) is 0 Å². The zero-order valence-corrected chi connectivity index (χ0v) is 7.32. The van der Waals surface area contributed by atoms with Gasteiger partial charge in [-0.25, -0.2) is 4.79 Å². The van der Waals surface area contributed by atoms with Crippen LogP contribution < -0.4 is 0 Å². The third kappa shape index (κ3) is 1.31. The average Bonchev–Trinajstić information content (AvgIpc) is 2.60. The molecule has 1 aromatic rings. The zero-order valence-electron chi connectivity index (χ0n) is 7.32. The third-order valence-electron chi connectivity index (χ3n) is 2.04. The van der Waals surface area contributed by atoms with E-state index in [0.29, 0.717) is 25.3 Å². The van der Waals surface area contributed by atoms with Crippen molar-refractivity contribution in [2.45, 2.75) is 13.2 Å². The molecule has 0 atom stereocenters. The van der Waals surface area contributed by atoms with Gasteiger partial charge in [0.2, 0.25) is 0 Å². The highest BCUT2D eigenvalue weighted by atomic mass is 16.5. The van der Waals surface area contributed by atoms with Gasteiger partial charge in [0.25, 0.3) is 0 Å². The number of methoxy groups -OCH3 is 1. The van der Waals surface area contributed by atoms with Crippen molar-refractivity contribution in [1.82, 2.24) is 9.78 Å². The summed E-state index contributed by atoms with van der Waals surface area (Å²) >= 11 is 0. The lowest BCUT2D eigenvalue weighted by molar-refractivity contribution is 0.0572. The minimum atomic E-state index is -0.355. The largest absolute Gasteiger partial charge is 0.465 e. The van der Waals surface area contributed by atoms with E-state index in [2.05, 4.69) is 9.84 Å². The molecule has 2 heterocycles. The Hall–Kier alpha value is -1.36. The predicted octanol–water partition coefficient (Wildman–Crippen LogP) is 0.200. The molecule has 0 aromatic carbocycles. The topological polar surface area (TPSA) is 53.3 Å². The van der Waals surface area contributed by atoms with Crippen molar-refractivity contribution in [1.29, 1.82) is 0 Å². The average molecular weight is 182 g/mol. The second-order valence-electron chi connectivity index (χ2n) is 2.77. The molecule has 5 heteroatoms. The molecule has 0 unspecified atom stereocenters. The maximum atomic E-state index is 11.2. The van der Waals surface area contributed by atoms with E-state index in [0.717, 1.165) is 5.69 Å². The molecule has 0 saturated heterocycles. The van der Waals surface area contributed by atoms with Crippen molar-refractivity contribution in [3.8, 4) is 0 Å². The summed E-state index contributed by atoms with van der Waals surface area (Å²) in [7, 11) is 1.36. The fourth-order valence-electron chi connectivity index (χ4n) is 1.36. The molecule has 0 radical (unpaired) electrons. The monoisotopic (exact) mass is 182 g/mol. The number of rotatable bonds is 1. The van der Waals surface area contributed by atoms with Gasteiger partial charge in [0.05, 0.1) is 38.8 Å². The zero-order chi connectivity index (χ0) is 9.26. The highest BCUT2D eigenvalue weighted by molar-refractivity contribution is 5.90. The lowest BCUT2D eigenvalue weighted by atomic mass is 10.2. The first kappa shape index (κ1) is 8.25. The molecule has 2 rings (SSSR count). The van der Waals surface area contributed by atoms with Gasteiger partial charge in [0.15, 0.2) is 0 Å². The van der Waals surface area contributed by atoms with Gasteiger partial charge < -0.3 is 9.47 Å². The van der Waals surface area contributed by atoms with E-state index < -0.39 is 0 Å². The van der Waals surface area contributed by atoms with Crippen molar-refractivity contribution in [3.05, 3.63) is 17.5 Å². The van der Waals surface area contributed by atoms with Crippen LogP contribution >= 0.6 is 0 Å². The van der Waals surface area contributed by atoms with Crippen LogP contribution in [0.4, 0.5) is 0 Å². The van der Waals surface area contributed by atoms with Gasteiger partial charge in [0.1, 0.15) is 5.56 Å². The summed E-state index contributed by atoms with van der Waals surface area (Å²) in [5, 5.41) is 4.06. The van der Waals surface area contributed by atoms with Crippen LogP contribution in [0.5, 0.6) is 0 Å². The van der Waals surface area contributed by atoms with E-state index >= 15 is 0 Å². The molecule has 1 aliphatic rings. The Kier molecular flexibility index (Phi) is 2.02. The van der Waals surface area contributed by atoms with Crippen LogP contribution in [0.25, 0.3) is 0 Å². The number of ether oxygens (including phenoxy) is 2. The molecular formula is C8H10N2O3. The number of carbonyl (C=O) groups is 1. The van der Waals surface area contributed by atoms with Crippen LogP contribution in [-0.4, -0.2) is 29.5 Å². The molecule has 0 bridgehead atoms. The summed E-state index contributed by atoms with van der Waals surface area (Å²) in [6.07, 6.45) is 1.52. The maximum Gasteiger partial charge on any atom is 0.341 e. The highest BCUT2D eigenvalue weighted by Crippen LogP contribution is 2.14. The van der Waals surface area contributed by atoms with Crippen molar-refractivity contribution in [2.24, 2.45) is 0 Å². The Morgan fingerprint density at radius 2 is 2.62 bits per heavy atom. The van der Waals surface area contributed by atoms with E-state index in [1.54, 1.807) is 4.68 Å². The first-order valence-electron chi connectivity index (χ1n) is 4.03. The molecule has 70 valence electrons. The summed E-state index contributed by atoms with van der Waals surface area (Å²) in [5.74, 6) is -0.355. The van der Waals surface area contributed by atoms with Crippen LogP contribution in [0.3, 0.4) is 0 Å². The second kappa shape index (κ2) is 3.18. The minimum absolute atomic E-state index is 0.355. The van der Waals surface area contributed by atoms with Gasteiger partial charge in [-0.3, -0.25) is 4.68 Å². The van der Waals surface area contributed by atoms with Crippen LogP contribution in [0.2, 0.25) is 0 Å². The van der Waals surface area contributed by atoms with E-state index in [1.165, 1.54) is 13.3 Å². The van der Waals surface area contributed by atoms with Gasteiger partial charge in [-0.1, -0.05) is 0 Å². The van der Waals surface area contributed by atoms with Gasteiger partial charge >= 0.3 is 5.97 Å². The highest BCUT2D eigenvalue weighted by Gasteiger charge is 2.20. The molecule has 0 fully saturated rings. The quantitative estimate of drug-likeness (QED) is 0.582. The van der Waals surface area contributed by atoms with Crippen molar-refractivity contribution in [2.75, 3.05) is 13.7 Å². The van der Waals surface area contributed by atoms with Crippen molar-refractivity contribution >= 4 is 5.97 Å². The third-order valence-corrected chi connectivity index (χ3v) is 2.04. The fourth-order valence-corrected chi connectivity index (χ4v) is 1.36. The van der Waals surface area contributed by atoms with Crippen LogP contribution in [0.15, 0.2) is 6.20 Å². The molecule has 1 aromatic heterocycles. The SMILES string of the molecule is COC(=O)c1cnn2c1COCC2. The number of esters is 1. The van der Waals surface area contributed by atoms with Crippen molar-refractivity contribution < 1.29 is 14.3 Å². The molecule has 5 nitrogen and oxygen atoms in total. The summed E-state index contributed by atoms with van der Waals surface area (Å²) in [6, 6.07) is 0. The Bertz CT molecular complexity index is 332. The standard InChI is InChI=1S/C8H10N2O3/c1-12-8(11)6-4-9-10-2-3-13-5-7(6)10/h4H,2-3,5H2,1H3. The molecule has 0 aliphatic carbocycles. The lowest BCUT2D eigenvalue weighted by Gasteiger charge is -2.14. The van der Waals surface area contributed by atoms with E-state index in [-0.39, 0.29) is 5.97 Å². The van der Waals surface area contributed by atoms with Crippen LogP contribution in [0, 0.1) is 0 Å². The Labute approximate surface area is 75.2 Å². The molecule has 0 amide bonds. The summed E-state index contributed by atoms with van der Waals surface area (Å²) in [4.78, 5) is 11.2. The summed E-state index contributed by atoms with van der Waals surface area (Å²) < 4.78 is 11.6. The Balaban J connectivity index is 2.36. The van der Waals surface area contributed by atoms with Gasteiger partial charge in [-0.2, -0.15) is 5.10 Å². The molecular weight excluding hydrogens is 172 g/mol. The molecule has 0 spiro atoms. The Morgan fingerprint density at radius 1 is 1.77 bits per heavy atom. The Morgan fingerprint density at radius 3 is 3.38 bits per heavy atom. The first-order valence-corrected chi connectivity index (χ1v) is 4.03. The van der Waals surface area contributed by atoms with Crippen LogP contribution in [0.1, 0.15) is 16.1 Å². The molecule has 1 aliphatic heterocycles. The number of carbonyl (C=O) groups excluding carboxylic acids is 1. The number of hydrogen-bond acceptors (Lipinski definition) is 4. The lowest BCUT2D eigenvalue weighted by Crippen LogP contribution is -2.19. The minimum Gasteiger partial charge on any atom is -0.465 e. The summed E-state index contributed by atoms with van der Waals surface area (Å²) in [6.45, 7) is 1.78. The van der Waals surface area contributed by atoms with Crippen LogP contribution in [-0.2, 0) is 22.6 Å². The van der Waals surface area contributed by atoms with Gasteiger partial charge in [-0.15, -0.1) is 0 Å². The maximum absolute atomic E-state index is 11.2. The fraction of sp³-hybridized carbons (Fsp3) is 0.500. The second-order valence-corrected chi connectivity index (χ2v) is 2.77.